The molecule has 1 aromatic carbocycles. The van der Waals surface area contributed by atoms with E-state index < -0.39 is 0 Å². The van der Waals surface area contributed by atoms with Crippen molar-refractivity contribution in [2.75, 3.05) is 5.73 Å². The molecule has 3 nitrogen and oxygen atoms in total. The van der Waals surface area contributed by atoms with Crippen LogP contribution in [0, 0.1) is 0 Å². The Kier molecular flexibility index (Phi) is 2.68. The first-order valence-corrected chi connectivity index (χ1v) is 6.07. The fraction of sp³-hybridized carbons (Fsp3) is 0.0714. The minimum atomic E-state index is 0.706. The molecule has 0 bridgehead atoms. The molecule has 0 unspecified atom stereocenters. The number of pyridine rings is 1. The maximum absolute atomic E-state index is 6.16. The predicted octanol–water partition coefficient (Wildman–Crippen LogP) is 3.16. The van der Waals surface area contributed by atoms with Gasteiger partial charge in [0.1, 0.15) is 5.82 Å². The number of anilines is 1. The fourth-order valence-corrected chi connectivity index (χ4v) is 2.22. The number of hydrogen-bond donors (Lipinski definition) is 1. The molecule has 0 fully saturated rings. The van der Waals surface area contributed by atoms with Crippen molar-refractivity contribution in [1.82, 2.24) is 9.38 Å². The summed E-state index contributed by atoms with van der Waals surface area (Å²) in [5, 5.41) is 0.768. The molecule has 3 aromatic rings. The Morgan fingerprint density at radius 2 is 2.06 bits per heavy atom. The van der Waals surface area contributed by atoms with E-state index in [0.29, 0.717) is 6.42 Å². The van der Waals surface area contributed by atoms with Crippen molar-refractivity contribution in [2.45, 2.75) is 6.42 Å². The third kappa shape index (κ3) is 1.93. The highest BCUT2D eigenvalue weighted by molar-refractivity contribution is 6.31. The summed E-state index contributed by atoms with van der Waals surface area (Å²) in [6, 6.07) is 11.6. The van der Waals surface area contributed by atoms with E-state index >= 15 is 0 Å². The first-order valence-electron chi connectivity index (χ1n) is 5.69. The second-order valence-electron chi connectivity index (χ2n) is 4.20. The van der Waals surface area contributed by atoms with Crippen molar-refractivity contribution < 1.29 is 0 Å². The minimum Gasteiger partial charge on any atom is -0.399 e. The molecule has 2 heterocycles. The SMILES string of the molecule is Nc1ccn2c(Cc3ccccc3Cl)ncc2c1. The molecule has 90 valence electrons. The Balaban J connectivity index is 2.03. The predicted molar refractivity (Wildman–Crippen MR) is 73.9 cm³/mol. The van der Waals surface area contributed by atoms with Gasteiger partial charge in [0.2, 0.25) is 0 Å². The number of hydrogen-bond acceptors (Lipinski definition) is 2. The number of aromatic nitrogens is 2. The topological polar surface area (TPSA) is 43.3 Å². The fourth-order valence-electron chi connectivity index (χ4n) is 2.02. The number of fused-ring (bicyclic) bond motifs is 1. The Labute approximate surface area is 110 Å². The molecule has 0 radical (unpaired) electrons. The summed E-state index contributed by atoms with van der Waals surface area (Å²) in [5.74, 6) is 0.957. The van der Waals surface area contributed by atoms with Crippen molar-refractivity contribution in [3.05, 3.63) is 65.2 Å². The molecule has 3 rings (SSSR count). The molecule has 4 heteroatoms. The van der Waals surface area contributed by atoms with Gasteiger partial charge in [-0.25, -0.2) is 4.98 Å². The number of benzene rings is 1. The largest absolute Gasteiger partial charge is 0.399 e. The van der Waals surface area contributed by atoms with E-state index in [4.69, 9.17) is 17.3 Å². The van der Waals surface area contributed by atoms with Gasteiger partial charge in [0.25, 0.3) is 0 Å². The lowest BCUT2D eigenvalue weighted by molar-refractivity contribution is 0.962. The lowest BCUT2D eigenvalue weighted by Gasteiger charge is -2.04. The summed E-state index contributed by atoms with van der Waals surface area (Å²) < 4.78 is 2.03. The molecule has 0 saturated heterocycles. The van der Waals surface area contributed by atoms with Crippen molar-refractivity contribution in [3.63, 3.8) is 0 Å². The van der Waals surface area contributed by atoms with Gasteiger partial charge in [-0.05, 0) is 23.8 Å². The van der Waals surface area contributed by atoms with Crippen molar-refractivity contribution in [1.29, 1.82) is 0 Å². The molecule has 0 spiro atoms. The lowest BCUT2D eigenvalue weighted by atomic mass is 10.1. The van der Waals surface area contributed by atoms with Crippen molar-refractivity contribution in [3.8, 4) is 0 Å². The van der Waals surface area contributed by atoms with Crippen LogP contribution in [0.2, 0.25) is 5.02 Å². The maximum atomic E-state index is 6.16. The molecule has 18 heavy (non-hydrogen) atoms. The van der Waals surface area contributed by atoms with E-state index in [-0.39, 0.29) is 0 Å². The molecule has 0 saturated carbocycles. The zero-order valence-corrected chi connectivity index (χ0v) is 10.4. The Hall–Kier alpha value is -2.00. The molecule has 0 aliphatic heterocycles. The van der Waals surface area contributed by atoms with Gasteiger partial charge in [-0.2, -0.15) is 0 Å². The van der Waals surface area contributed by atoms with Gasteiger partial charge in [0.15, 0.2) is 0 Å². The van der Waals surface area contributed by atoms with Gasteiger partial charge in [-0.1, -0.05) is 29.8 Å². The van der Waals surface area contributed by atoms with Crippen LogP contribution in [0.15, 0.2) is 48.8 Å². The van der Waals surface area contributed by atoms with Crippen LogP contribution in [-0.2, 0) is 6.42 Å². The second-order valence-corrected chi connectivity index (χ2v) is 4.60. The molecular formula is C14H12ClN3. The number of nitrogens with zero attached hydrogens (tertiary/aromatic N) is 2. The van der Waals surface area contributed by atoms with E-state index in [1.54, 1.807) is 0 Å². The van der Waals surface area contributed by atoms with E-state index in [0.717, 1.165) is 27.6 Å². The molecule has 0 amide bonds. The molecule has 0 aliphatic carbocycles. The number of nitrogens with two attached hydrogens (primary N) is 1. The molecule has 2 N–H and O–H groups in total. The summed E-state index contributed by atoms with van der Waals surface area (Å²) in [6.07, 6.45) is 4.46. The van der Waals surface area contributed by atoms with E-state index in [9.17, 15) is 0 Å². The molecular weight excluding hydrogens is 246 g/mol. The van der Waals surface area contributed by atoms with Crippen LogP contribution in [-0.4, -0.2) is 9.38 Å². The average molecular weight is 258 g/mol. The number of nitrogen functional groups attached to an aromatic ring is 1. The summed E-state index contributed by atoms with van der Waals surface area (Å²) >= 11 is 6.16. The van der Waals surface area contributed by atoms with Crippen LogP contribution in [0.25, 0.3) is 5.52 Å². The highest BCUT2D eigenvalue weighted by Crippen LogP contribution is 2.19. The van der Waals surface area contributed by atoms with Crippen LogP contribution in [0.4, 0.5) is 5.69 Å². The summed E-state index contributed by atoms with van der Waals surface area (Å²) in [7, 11) is 0. The Morgan fingerprint density at radius 3 is 2.89 bits per heavy atom. The highest BCUT2D eigenvalue weighted by atomic mass is 35.5. The van der Waals surface area contributed by atoms with Crippen LogP contribution in [0.3, 0.4) is 0 Å². The van der Waals surface area contributed by atoms with Gasteiger partial charge < -0.3 is 10.1 Å². The monoisotopic (exact) mass is 257 g/mol. The Morgan fingerprint density at radius 1 is 1.22 bits per heavy atom. The first kappa shape index (κ1) is 11.1. The normalized spacial score (nSPS) is 10.9. The highest BCUT2D eigenvalue weighted by Gasteiger charge is 2.07. The lowest BCUT2D eigenvalue weighted by Crippen LogP contribution is -1.97. The average Bonchev–Trinajstić information content (AvgIpc) is 2.74. The Bertz CT molecular complexity index is 703. The van der Waals surface area contributed by atoms with Crippen LogP contribution in [0.5, 0.6) is 0 Å². The molecule has 0 atom stereocenters. The number of imidazole rings is 1. The van der Waals surface area contributed by atoms with Gasteiger partial charge >= 0.3 is 0 Å². The third-order valence-electron chi connectivity index (χ3n) is 2.94. The van der Waals surface area contributed by atoms with Gasteiger partial charge in [0, 0.05) is 23.3 Å². The zero-order chi connectivity index (χ0) is 12.5. The quantitative estimate of drug-likeness (QED) is 0.766. The van der Waals surface area contributed by atoms with Gasteiger partial charge in [-0.15, -0.1) is 0 Å². The van der Waals surface area contributed by atoms with Crippen LogP contribution >= 0.6 is 11.6 Å². The zero-order valence-electron chi connectivity index (χ0n) is 9.68. The van der Waals surface area contributed by atoms with Gasteiger partial charge in [-0.3, -0.25) is 0 Å². The van der Waals surface area contributed by atoms with Crippen LogP contribution < -0.4 is 5.73 Å². The third-order valence-corrected chi connectivity index (χ3v) is 3.31. The summed E-state index contributed by atoms with van der Waals surface area (Å²) in [5.41, 5.74) is 8.56. The van der Waals surface area contributed by atoms with Crippen molar-refractivity contribution >= 4 is 22.8 Å². The van der Waals surface area contributed by atoms with Crippen molar-refractivity contribution in [2.24, 2.45) is 0 Å². The minimum absolute atomic E-state index is 0.706. The number of rotatable bonds is 2. The molecule has 2 aromatic heterocycles. The number of halogens is 1. The summed E-state index contributed by atoms with van der Waals surface area (Å²) in [6.45, 7) is 0. The van der Waals surface area contributed by atoms with E-state index in [1.165, 1.54) is 0 Å². The summed E-state index contributed by atoms with van der Waals surface area (Å²) in [4.78, 5) is 4.42. The van der Waals surface area contributed by atoms with E-state index in [1.807, 2.05) is 53.2 Å². The van der Waals surface area contributed by atoms with Crippen LogP contribution in [0.1, 0.15) is 11.4 Å². The first-order chi connectivity index (χ1) is 8.74. The standard InChI is InChI=1S/C14H12ClN3/c15-13-4-2-1-3-10(13)7-14-17-9-12-8-11(16)5-6-18(12)14/h1-6,8-9H,7,16H2. The second kappa shape index (κ2) is 4.35. The molecule has 0 aliphatic rings. The maximum Gasteiger partial charge on any atom is 0.117 e. The van der Waals surface area contributed by atoms with E-state index in [2.05, 4.69) is 4.98 Å². The smallest absolute Gasteiger partial charge is 0.117 e. The van der Waals surface area contributed by atoms with Gasteiger partial charge in [0.05, 0.1) is 11.7 Å².